The topological polar surface area (TPSA) is 41.6 Å². The van der Waals surface area contributed by atoms with E-state index in [-0.39, 0.29) is 18.1 Å². The fraction of sp³-hybridized carbons (Fsp3) is 0.588. The number of ether oxygens (including phenoxy) is 1. The van der Waals surface area contributed by atoms with Gasteiger partial charge in [-0.3, -0.25) is 10.1 Å². The fourth-order valence-electron chi connectivity index (χ4n) is 2.64. The number of carbonyl (C=O) groups is 1. The van der Waals surface area contributed by atoms with Gasteiger partial charge in [0.05, 0.1) is 12.8 Å². The maximum Gasteiger partial charge on any atom is 0.245 e. The first kappa shape index (κ1) is 16.0. The highest BCUT2D eigenvalue weighted by Gasteiger charge is 2.38. The smallest absolute Gasteiger partial charge is 0.245 e. The zero-order valence-corrected chi connectivity index (χ0v) is 13.2. The summed E-state index contributed by atoms with van der Waals surface area (Å²) in [7, 11) is 0. The second kappa shape index (κ2) is 7.57. The molecule has 1 aliphatic heterocycles. The molecular weight excluding hydrogens is 264 g/mol. The number of hydrogen-bond acceptors (Lipinski definition) is 3. The molecule has 1 N–H and O–H groups in total. The first-order valence-corrected chi connectivity index (χ1v) is 7.82. The Balaban J connectivity index is 1.96. The van der Waals surface area contributed by atoms with Gasteiger partial charge in [-0.1, -0.05) is 51.1 Å². The number of benzene rings is 1. The van der Waals surface area contributed by atoms with Gasteiger partial charge >= 0.3 is 0 Å². The number of nitrogens with zero attached hydrogens (tertiary/aromatic N) is 1. The van der Waals surface area contributed by atoms with Gasteiger partial charge in [0, 0.05) is 13.2 Å². The van der Waals surface area contributed by atoms with Gasteiger partial charge in [0.25, 0.3) is 0 Å². The van der Waals surface area contributed by atoms with E-state index in [2.05, 4.69) is 26.1 Å². The van der Waals surface area contributed by atoms with Crippen LogP contribution in [0.25, 0.3) is 0 Å². The minimum Gasteiger partial charge on any atom is -0.379 e. The van der Waals surface area contributed by atoms with Crippen molar-refractivity contribution < 1.29 is 9.53 Å². The molecule has 1 heterocycles. The predicted molar refractivity (Wildman–Crippen MR) is 83.8 cm³/mol. The number of hydrogen-bond donors (Lipinski definition) is 1. The highest BCUT2D eigenvalue weighted by molar-refractivity contribution is 5.85. The normalized spacial score (nSPS) is 22.3. The summed E-state index contributed by atoms with van der Waals surface area (Å²) < 4.78 is 5.62. The Hall–Kier alpha value is -1.39. The highest BCUT2D eigenvalue weighted by atomic mass is 16.5. The molecule has 0 bridgehead atoms. The number of amides is 1. The molecule has 1 saturated heterocycles. The molecule has 1 aliphatic rings. The quantitative estimate of drug-likeness (QED) is 0.785. The van der Waals surface area contributed by atoms with E-state index in [4.69, 9.17) is 4.74 Å². The van der Waals surface area contributed by atoms with Gasteiger partial charge in [0.15, 0.2) is 0 Å². The summed E-state index contributed by atoms with van der Waals surface area (Å²) >= 11 is 0. The molecule has 0 aliphatic carbocycles. The van der Waals surface area contributed by atoms with Gasteiger partial charge in [-0.25, -0.2) is 0 Å². The highest BCUT2D eigenvalue weighted by Crippen LogP contribution is 2.25. The third-order valence-corrected chi connectivity index (χ3v) is 3.71. The molecule has 21 heavy (non-hydrogen) atoms. The van der Waals surface area contributed by atoms with Crippen molar-refractivity contribution in [2.45, 2.75) is 39.4 Å². The second-order valence-electron chi connectivity index (χ2n) is 5.93. The maximum atomic E-state index is 12.6. The van der Waals surface area contributed by atoms with E-state index in [1.165, 1.54) is 0 Å². The molecule has 1 amide bonds. The number of carbonyl (C=O) groups excluding carboxylic acids is 1. The third-order valence-electron chi connectivity index (χ3n) is 3.71. The maximum absolute atomic E-state index is 12.6. The lowest BCUT2D eigenvalue weighted by molar-refractivity contribution is -0.131. The number of nitrogens with one attached hydrogen (secondary N) is 1. The van der Waals surface area contributed by atoms with E-state index in [0.29, 0.717) is 19.1 Å². The van der Waals surface area contributed by atoms with E-state index in [1.54, 1.807) is 0 Å². The molecule has 4 heteroatoms. The lowest BCUT2D eigenvalue weighted by Gasteiger charge is -2.23. The van der Waals surface area contributed by atoms with Crippen molar-refractivity contribution >= 4 is 5.91 Å². The van der Waals surface area contributed by atoms with Gasteiger partial charge in [-0.15, -0.1) is 0 Å². The first-order chi connectivity index (χ1) is 10.1. The van der Waals surface area contributed by atoms with Crippen molar-refractivity contribution in [1.29, 1.82) is 0 Å². The van der Waals surface area contributed by atoms with Crippen LogP contribution < -0.4 is 5.32 Å². The summed E-state index contributed by atoms with van der Waals surface area (Å²) in [6.45, 7) is 8.35. The van der Waals surface area contributed by atoms with Crippen LogP contribution in [0.3, 0.4) is 0 Å². The zero-order chi connectivity index (χ0) is 15.2. The van der Waals surface area contributed by atoms with Crippen molar-refractivity contribution in [1.82, 2.24) is 10.2 Å². The molecule has 2 atom stereocenters. The van der Waals surface area contributed by atoms with Crippen LogP contribution in [0.1, 0.15) is 38.8 Å². The Morgan fingerprint density at radius 3 is 2.62 bits per heavy atom. The van der Waals surface area contributed by atoms with Crippen LogP contribution in [0.5, 0.6) is 0 Å². The molecule has 0 spiro atoms. The van der Waals surface area contributed by atoms with Crippen molar-refractivity contribution in [3.8, 4) is 0 Å². The molecule has 4 nitrogen and oxygen atoms in total. The van der Waals surface area contributed by atoms with E-state index in [0.717, 1.165) is 18.6 Å². The average molecular weight is 290 g/mol. The van der Waals surface area contributed by atoms with Crippen LogP contribution in [-0.4, -0.2) is 36.7 Å². The third kappa shape index (κ3) is 4.05. The Morgan fingerprint density at radius 2 is 2.00 bits per heavy atom. The van der Waals surface area contributed by atoms with Crippen LogP contribution in [0.2, 0.25) is 0 Å². The van der Waals surface area contributed by atoms with Crippen molar-refractivity contribution in [2.24, 2.45) is 5.92 Å². The van der Waals surface area contributed by atoms with E-state index < -0.39 is 0 Å². The van der Waals surface area contributed by atoms with Crippen LogP contribution in [0.15, 0.2) is 30.3 Å². The molecule has 0 radical (unpaired) electrons. The average Bonchev–Trinajstić information content (AvgIpc) is 2.81. The molecule has 1 aromatic carbocycles. The Labute approximate surface area is 127 Å². The lowest BCUT2D eigenvalue weighted by Crippen LogP contribution is -2.39. The van der Waals surface area contributed by atoms with E-state index >= 15 is 0 Å². The Bertz CT molecular complexity index is 447. The minimum absolute atomic E-state index is 0.102. The van der Waals surface area contributed by atoms with Crippen molar-refractivity contribution in [3.05, 3.63) is 35.9 Å². The van der Waals surface area contributed by atoms with E-state index in [9.17, 15) is 4.79 Å². The molecule has 0 aromatic heterocycles. The van der Waals surface area contributed by atoms with Gasteiger partial charge < -0.3 is 9.64 Å². The van der Waals surface area contributed by atoms with Crippen molar-refractivity contribution in [3.63, 3.8) is 0 Å². The first-order valence-electron chi connectivity index (χ1n) is 7.82. The fourth-order valence-corrected chi connectivity index (χ4v) is 2.64. The minimum atomic E-state index is -0.221. The van der Waals surface area contributed by atoms with Gasteiger partial charge in [-0.2, -0.15) is 0 Å². The molecule has 116 valence electrons. The van der Waals surface area contributed by atoms with E-state index in [1.807, 2.05) is 35.2 Å². The van der Waals surface area contributed by atoms with Crippen LogP contribution >= 0.6 is 0 Å². The predicted octanol–water partition coefficient (Wildman–Crippen LogP) is 2.57. The van der Waals surface area contributed by atoms with Crippen LogP contribution in [-0.2, 0) is 9.53 Å². The van der Waals surface area contributed by atoms with Crippen molar-refractivity contribution in [2.75, 3.05) is 19.8 Å². The molecule has 0 saturated carbocycles. The summed E-state index contributed by atoms with van der Waals surface area (Å²) in [4.78, 5) is 14.5. The monoisotopic (exact) mass is 290 g/mol. The largest absolute Gasteiger partial charge is 0.379 e. The Morgan fingerprint density at radius 1 is 1.29 bits per heavy atom. The summed E-state index contributed by atoms with van der Waals surface area (Å²) in [5, 5.41) is 3.43. The molecule has 2 rings (SSSR count). The van der Waals surface area contributed by atoms with Gasteiger partial charge in [0.1, 0.15) is 6.04 Å². The van der Waals surface area contributed by atoms with Gasteiger partial charge in [-0.05, 0) is 17.9 Å². The second-order valence-corrected chi connectivity index (χ2v) is 5.93. The summed E-state index contributed by atoms with van der Waals surface area (Å²) in [6.07, 6.45) is 1.00. The summed E-state index contributed by atoms with van der Waals surface area (Å²) in [6, 6.07) is 9.69. The summed E-state index contributed by atoms with van der Waals surface area (Å²) in [5.41, 5.74) is 1.03. The lowest BCUT2D eigenvalue weighted by atomic mass is 10.1. The molecule has 1 fully saturated rings. The standard InChI is InChI=1S/C17H26N2O2/c1-4-15-18-16(14-8-6-5-7-9-14)17(20)19(15)10-11-21-12-13(2)3/h5-9,13,15-16,18H,4,10-12H2,1-3H3. The van der Waals surface area contributed by atoms with Crippen LogP contribution in [0, 0.1) is 5.92 Å². The Kier molecular flexibility index (Phi) is 5.76. The number of rotatable bonds is 7. The van der Waals surface area contributed by atoms with Gasteiger partial charge in [0.2, 0.25) is 5.91 Å². The summed E-state index contributed by atoms with van der Waals surface area (Å²) in [5.74, 6) is 0.678. The van der Waals surface area contributed by atoms with Crippen LogP contribution in [0.4, 0.5) is 0 Å². The zero-order valence-electron chi connectivity index (χ0n) is 13.2. The molecule has 2 unspecified atom stereocenters. The molecule has 1 aromatic rings. The SMILES string of the molecule is CCC1NC(c2ccccc2)C(=O)N1CCOCC(C)C. The molecular formula is C17H26N2O2.